The highest BCUT2D eigenvalue weighted by Crippen LogP contribution is 2.36. The van der Waals surface area contributed by atoms with Gasteiger partial charge in [0.05, 0.1) is 19.9 Å². The molecule has 2 aromatic carbocycles. The van der Waals surface area contributed by atoms with Gasteiger partial charge in [0, 0.05) is 23.9 Å². The van der Waals surface area contributed by atoms with E-state index in [1.807, 2.05) is 0 Å². The van der Waals surface area contributed by atoms with Crippen molar-refractivity contribution in [2.75, 3.05) is 31.0 Å². The molecule has 30 heavy (non-hydrogen) atoms. The summed E-state index contributed by atoms with van der Waals surface area (Å²) in [6, 6.07) is 10.3. The molecule has 1 N–H and O–H groups in total. The predicted octanol–water partition coefficient (Wildman–Crippen LogP) is 4.26. The van der Waals surface area contributed by atoms with Gasteiger partial charge in [-0.15, -0.1) is 0 Å². The van der Waals surface area contributed by atoms with Gasteiger partial charge < -0.3 is 24.4 Å². The molecule has 0 saturated heterocycles. The molecule has 0 aliphatic carbocycles. The first kappa shape index (κ1) is 21.5. The molecular weight excluding hydrogens is 384 g/mol. The van der Waals surface area contributed by atoms with Crippen molar-refractivity contribution in [1.82, 2.24) is 0 Å². The number of nitrogens with one attached hydrogen (secondary N) is 1. The second kappa shape index (κ2) is 9.52. The third-order valence-corrected chi connectivity index (χ3v) is 5.02. The number of benzene rings is 2. The van der Waals surface area contributed by atoms with Crippen LogP contribution in [0.5, 0.6) is 17.2 Å². The summed E-state index contributed by atoms with van der Waals surface area (Å²) in [5, 5.41) is 2.88. The quantitative estimate of drug-likeness (QED) is 0.656. The van der Waals surface area contributed by atoms with Gasteiger partial charge in [-0.2, -0.15) is 0 Å². The Kier molecular flexibility index (Phi) is 6.82. The number of anilines is 2. The van der Waals surface area contributed by atoms with Crippen LogP contribution in [-0.4, -0.2) is 38.7 Å². The maximum atomic E-state index is 12.8. The fraction of sp³-hybridized carbons (Fsp3) is 0.391. The monoisotopic (exact) mass is 412 g/mol. The van der Waals surface area contributed by atoms with Crippen LogP contribution in [0.25, 0.3) is 0 Å². The number of rotatable bonds is 8. The van der Waals surface area contributed by atoms with Crippen LogP contribution in [-0.2, 0) is 4.79 Å². The van der Waals surface area contributed by atoms with Crippen LogP contribution < -0.4 is 24.4 Å². The molecule has 1 aliphatic rings. The van der Waals surface area contributed by atoms with Gasteiger partial charge in [-0.1, -0.05) is 19.8 Å². The fourth-order valence-corrected chi connectivity index (χ4v) is 3.38. The van der Waals surface area contributed by atoms with E-state index in [2.05, 4.69) is 12.2 Å². The first-order chi connectivity index (χ1) is 14.5. The summed E-state index contributed by atoms with van der Waals surface area (Å²) in [5.41, 5.74) is 1.66. The minimum atomic E-state index is -0.524. The van der Waals surface area contributed by atoms with Crippen molar-refractivity contribution >= 4 is 23.2 Å². The average molecular weight is 412 g/mol. The van der Waals surface area contributed by atoms with Crippen LogP contribution in [0.1, 0.15) is 43.5 Å². The Hall–Kier alpha value is -3.22. The topological polar surface area (TPSA) is 77.1 Å². The van der Waals surface area contributed by atoms with Crippen molar-refractivity contribution in [2.45, 2.75) is 39.2 Å². The smallest absolute Gasteiger partial charge is 0.267 e. The van der Waals surface area contributed by atoms with Crippen molar-refractivity contribution in [3.05, 3.63) is 42.0 Å². The number of carbonyl (C=O) groups is 2. The number of fused-ring (bicyclic) bond motifs is 1. The van der Waals surface area contributed by atoms with Crippen LogP contribution in [0.2, 0.25) is 0 Å². The number of unbranched alkanes of at least 4 members (excludes halogenated alkanes) is 2. The highest BCUT2D eigenvalue weighted by molar-refractivity contribution is 6.06. The van der Waals surface area contributed by atoms with Crippen molar-refractivity contribution < 1.29 is 23.8 Å². The summed E-state index contributed by atoms with van der Waals surface area (Å²) < 4.78 is 16.2. The van der Waals surface area contributed by atoms with Crippen molar-refractivity contribution in [1.29, 1.82) is 0 Å². The summed E-state index contributed by atoms with van der Waals surface area (Å²) in [6.45, 7) is 4.50. The summed E-state index contributed by atoms with van der Waals surface area (Å²) in [5.74, 6) is 1.32. The SMILES string of the molecule is CCCCCN1C(=O)C(C)Oc2ccc(NC(=O)c3cc(OC)cc(OC)c3)cc21. The largest absolute Gasteiger partial charge is 0.497 e. The van der Waals surface area contributed by atoms with Crippen LogP contribution in [0, 0.1) is 0 Å². The van der Waals surface area contributed by atoms with Gasteiger partial charge in [0.2, 0.25) is 0 Å². The van der Waals surface area contributed by atoms with E-state index in [9.17, 15) is 9.59 Å². The minimum absolute atomic E-state index is 0.0698. The maximum Gasteiger partial charge on any atom is 0.267 e. The number of hydrogen-bond donors (Lipinski definition) is 1. The fourth-order valence-electron chi connectivity index (χ4n) is 3.38. The molecule has 1 atom stereocenters. The van der Waals surface area contributed by atoms with E-state index in [-0.39, 0.29) is 11.8 Å². The van der Waals surface area contributed by atoms with Gasteiger partial charge in [0.1, 0.15) is 17.2 Å². The third-order valence-electron chi connectivity index (χ3n) is 5.02. The second-order valence-corrected chi connectivity index (χ2v) is 7.20. The Labute approximate surface area is 176 Å². The lowest BCUT2D eigenvalue weighted by atomic mass is 10.1. The summed E-state index contributed by atoms with van der Waals surface area (Å²) in [4.78, 5) is 27.2. The molecule has 1 unspecified atom stereocenters. The van der Waals surface area contributed by atoms with E-state index in [4.69, 9.17) is 14.2 Å². The second-order valence-electron chi connectivity index (χ2n) is 7.20. The number of methoxy groups -OCH3 is 2. The molecule has 160 valence electrons. The Morgan fingerprint density at radius 3 is 2.43 bits per heavy atom. The molecule has 0 saturated carbocycles. The molecule has 0 radical (unpaired) electrons. The van der Waals surface area contributed by atoms with Gasteiger partial charge in [0.15, 0.2) is 6.10 Å². The zero-order valence-electron chi connectivity index (χ0n) is 17.9. The molecule has 1 aliphatic heterocycles. The standard InChI is InChI=1S/C23H28N2O5/c1-5-6-7-10-25-20-13-17(8-9-21(20)30-15(2)23(25)27)24-22(26)16-11-18(28-3)14-19(12-16)29-4/h8-9,11-15H,5-7,10H2,1-4H3,(H,24,26). The van der Waals surface area contributed by atoms with Gasteiger partial charge in [0.25, 0.3) is 11.8 Å². The number of carbonyl (C=O) groups excluding carboxylic acids is 2. The van der Waals surface area contributed by atoms with E-state index < -0.39 is 6.10 Å². The zero-order valence-corrected chi connectivity index (χ0v) is 17.9. The predicted molar refractivity (Wildman–Crippen MR) is 116 cm³/mol. The summed E-state index contributed by atoms with van der Waals surface area (Å²) in [7, 11) is 3.07. The first-order valence-corrected chi connectivity index (χ1v) is 10.1. The Bertz CT molecular complexity index is 906. The van der Waals surface area contributed by atoms with Gasteiger partial charge in [-0.3, -0.25) is 9.59 Å². The Balaban J connectivity index is 1.85. The highest BCUT2D eigenvalue weighted by Gasteiger charge is 2.31. The van der Waals surface area contributed by atoms with Crippen molar-refractivity contribution in [2.24, 2.45) is 0 Å². The molecule has 2 amide bonds. The molecule has 2 aromatic rings. The highest BCUT2D eigenvalue weighted by atomic mass is 16.5. The number of hydrogen-bond acceptors (Lipinski definition) is 5. The van der Waals surface area contributed by atoms with Crippen LogP contribution in [0.4, 0.5) is 11.4 Å². The molecule has 3 rings (SSSR count). The van der Waals surface area contributed by atoms with E-state index in [1.165, 1.54) is 14.2 Å². The average Bonchev–Trinajstić information content (AvgIpc) is 2.76. The van der Waals surface area contributed by atoms with Crippen LogP contribution in [0.3, 0.4) is 0 Å². The van der Waals surface area contributed by atoms with Gasteiger partial charge >= 0.3 is 0 Å². The lowest BCUT2D eigenvalue weighted by molar-refractivity contribution is -0.125. The van der Waals surface area contributed by atoms with Crippen molar-refractivity contribution in [3.63, 3.8) is 0 Å². The minimum Gasteiger partial charge on any atom is -0.497 e. The van der Waals surface area contributed by atoms with E-state index >= 15 is 0 Å². The zero-order chi connectivity index (χ0) is 21.7. The van der Waals surface area contributed by atoms with Gasteiger partial charge in [-0.05, 0) is 43.7 Å². The maximum absolute atomic E-state index is 12.8. The first-order valence-electron chi connectivity index (χ1n) is 10.1. The molecule has 7 nitrogen and oxygen atoms in total. The van der Waals surface area contributed by atoms with Crippen molar-refractivity contribution in [3.8, 4) is 17.2 Å². The Morgan fingerprint density at radius 2 is 1.80 bits per heavy atom. The molecule has 0 spiro atoms. The van der Waals surface area contributed by atoms with Crippen LogP contribution >= 0.6 is 0 Å². The molecule has 1 heterocycles. The summed E-state index contributed by atoms with van der Waals surface area (Å²) >= 11 is 0. The number of nitrogens with zero attached hydrogens (tertiary/aromatic N) is 1. The summed E-state index contributed by atoms with van der Waals surface area (Å²) in [6.07, 6.45) is 2.50. The molecule has 0 aromatic heterocycles. The molecular formula is C23H28N2O5. The van der Waals surface area contributed by atoms with E-state index in [0.717, 1.165) is 19.3 Å². The molecule has 0 bridgehead atoms. The molecule has 7 heteroatoms. The number of amides is 2. The van der Waals surface area contributed by atoms with Crippen LogP contribution in [0.15, 0.2) is 36.4 Å². The number of ether oxygens (including phenoxy) is 3. The lowest BCUT2D eigenvalue weighted by Crippen LogP contribution is -2.44. The lowest BCUT2D eigenvalue weighted by Gasteiger charge is -2.33. The van der Waals surface area contributed by atoms with Gasteiger partial charge in [-0.25, -0.2) is 0 Å². The normalized spacial score (nSPS) is 15.3. The molecule has 0 fully saturated rings. The Morgan fingerprint density at radius 1 is 1.10 bits per heavy atom. The van der Waals surface area contributed by atoms with E-state index in [1.54, 1.807) is 48.2 Å². The third kappa shape index (κ3) is 4.67. The van der Waals surface area contributed by atoms with E-state index in [0.29, 0.717) is 40.7 Å².